The summed E-state index contributed by atoms with van der Waals surface area (Å²) in [5, 5.41) is 0.991. The maximum absolute atomic E-state index is 11.6. The Morgan fingerprint density at radius 1 is 1.31 bits per heavy atom. The van der Waals surface area contributed by atoms with Crippen molar-refractivity contribution < 1.29 is 4.79 Å². The van der Waals surface area contributed by atoms with Gasteiger partial charge >= 0.3 is 0 Å². The minimum Gasteiger partial charge on any atom is -0.294 e. The fraction of sp³-hybridized carbons (Fsp3) is 0.600. The van der Waals surface area contributed by atoms with Crippen molar-refractivity contribution in [1.29, 1.82) is 0 Å². The summed E-state index contributed by atoms with van der Waals surface area (Å²) in [5.41, 5.74) is 2.09. The van der Waals surface area contributed by atoms with Crippen LogP contribution in [-0.4, -0.2) is 17.1 Å². The first kappa shape index (κ1) is 9.00. The SMILES string of the molecule is CSC1=NC2=C(CCCC2)C(=O)C1. The maximum Gasteiger partial charge on any atom is 0.167 e. The highest BCUT2D eigenvalue weighted by Crippen LogP contribution is 2.31. The third kappa shape index (κ3) is 1.70. The minimum absolute atomic E-state index is 0.314. The molecule has 1 aliphatic heterocycles. The topological polar surface area (TPSA) is 29.4 Å². The maximum atomic E-state index is 11.6. The van der Waals surface area contributed by atoms with E-state index in [1.54, 1.807) is 11.8 Å². The minimum atomic E-state index is 0.314. The molecular weight excluding hydrogens is 182 g/mol. The van der Waals surface area contributed by atoms with E-state index < -0.39 is 0 Å². The molecule has 13 heavy (non-hydrogen) atoms. The summed E-state index contributed by atoms with van der Waals surface area (Å²) in [5.74, 6) is 0.314. The van der Waals surface area contributed by atoms with Crippen molar-refractivity contribution in [2.75, 3.05) is 6.26 Å². The molecule has 0 aromatic carbocycles. The van der Waals surface area contributed by atoms with Crippen molar-refractivity contribution in [2.45, 2.75) is 32.1 Å². The second-order valence-electron chi connectivity index (χ2n) is 3.44. The molecule has 70 valence electrons. The zero-order valence-electron chi connectivity index (χ0n) is 7.80. The van der Waals surface area contributed by atoms with Gasteiger partial charge in [0.25, 0.3) is 0 Å². The van der Waals surface area contributed by atoms with Gasteiger partial charge in [0.1, 0.15) is 0 Å². The van der Waals surface area contributed by atoms with E-state index in [1.807, 2.05) is 6.26 Å². The number of Topliss-reactive ketones (excluding diaryl/α,β-unsaturated/α-hetero) is 1. The molecule has 0 unspecified atom stereocenters. The van der Waals surface area contributed by atoms with Crippen LogP contribution in [0.5, 0.6) is 0 Å². The first-order valence-electron chi connectivity index (χ1n) is 4.68. The molecule has 2 rings (SSSR count). The molecule has 1 heterocycles. The van der Waals surface area contributed by atoms with Crippen LogP contribution in [0.2, 0.25) is 0 Å². The molecule has 2 aliphatic rings. The molecular formula is C10H13NOS. The Bertz CT molecular complexity index is 304. The Balaban J connectivity index is 2.33. The second kappa shape index (κ2) is 3.66. The van der Waals surface area contributed by atoms with Gasteiger partial charge in [0.2, 0.25) is 0 Å². The van der Waals surface area contributed by atoms with Crippen molar-refractivity contribution in [3.05, 3.63) is 11.3 Å². The number of hydrogen-bond acceptors (Lipinski definition) is 3. The molecule has 3 heteroatoms. The molecule has 0 aromatic heterocycles. The molecule has 0 fully saturated rings. The summed E-state index contributed by atoms with van der Waals surface area (Å²) in [4.78, 5) is 16.2. The Hall–Kier alpha value is -0.570. The first-order valence-corrected chi connectivity index (χ1v) is 5.90. The highest BCUT2D eigenvalue weighted by atomic mass is 32.2. The average molecular weight is 195 g/mol. The molecule has 0 saturated carbocycles. The lowest BCUT2D eigenvalue weighted by atomic mass is 9.91. The summed E-state index contributed by atoms with van der Waals surface area (Å²) in [7, 11) is 0. The highest BCUT2D eigenvalue weighted by Gasteiger charge is 2.24. The number of nitrogens with zero attached hydrogens (tertiary/aromatic N) is 1. The van der Waals surface area contributed by atoms with Crippen LogP contribution in [-0.2, 0) is 4.79 Å². The summed E-state index contributed by atoms with van der Waals surface area (Å²) >= 11 is 1.60. The summed E-state index contributed by atoms with van der Waals surface area (Å²) in [6.45, 7) is 0. The van der Waals surface area contributed by atoms with E-state index in [2.05, 4.69) is 4.99 Å². The molecule has 0 bridgehead atoms. The van der Waals surface area contributed by atoms with E-state index in [9.17, 15) is 4.79 Å². The predicted octanol–water partition coefficient (Wildman–Crippen LogP) is 2.55. The number of ketones is 1. The Kier molecular flexibility index (Phi) is 2.54. The third-order valence-corrected chi connectivity index (χ3v) is 3.29. The van der Waals surface area contributed by atoms with E-state index in [-0.39, 0.29) is 0 Å². The number of hydrogen-bond donors (Lipinski definition) is 0. The second-order valence-corrected chi connectivity index (χ2v) is 4.32. The third-order valence-electron chi connectivity index (χ3n) is 2.58. The lowest BCUT2D eigenvalue weighted by Gasteiger charge is -2.21. The first-order chi connectivity index (χ1) is 6.31. The van der Waals surface area contributed by atoms with E-state index >= 15 is 0 Å². The zero-order valence-corrected chi connectivity index (χ0v) is 8.62. The molecule has 0 radical (unpaired) electrons. The highest BCUT2D eigenvalue weighted by molar-refractivity contribution is 8.13. The van der Waals surface area contributed by atoms with Crippen LogP contribution in [0, 0.1) is 0 Å². The van der Waals surface area contributed by atoms with Crippen LogP contribution in [0.3, 0.4) is 0 Å². The van der Waals surface area contributed by atoms with E-state index in [1.165, 1.54) is 6.42 Å². The van der Waals surface area contributed by atoms with Crippen molar-refractivity contribution >= 4 is 22.6 Å². The lowest BCUT2D eigenvalue weighted by molar-refractivity contribution is -0.114. The summed E-state index contributed by atoms with van der Waals surface area (Å²) in [6.07, 6.45) is 6.84. The van der Waals surface area contributed by atoms with Crippen LogP contribution in [0.15, 0.2) is 16.3 Å². The van der Waals surface area contributed by atoms with Crippen LogP contribution >= 0.6 is 11.8 Å². The normalized spacial score (nSPS) is 22.8. The van der Waals surface area contributed by atoms with Gasteiger partial charge in [-0.05, 0) is 31.9 Å². The largest absolute Gasteiger partial charge is 0.294 e. The van der Waals surface area contributed by atoms with Gasteiger partial charge in [0, 0.05) is 11.3 Å². The van der Waals surface area contributed by atoms with Crippen molar-refractivity contribution in [3.63, 3.8) is 0 Å². The number of aliphatic imine (C=N–C) groups is 1. The molecule has 0 saturated heterocycles. The number of carbonyl (C=O) groups excluding carboxylic acids is 1. The van der Waals surface area contributed by atoms with Gasteiger partial charge in [0.15, 0.2) is 5.78 Å². The Morgan fingerprint density at radius 2 is 2.08 bits per heavy atom. The van der Waals surface area contributed by atoms with Crippen molar-refractivity contribution in [1.82, 2.24) is 0 Å². The molecule has 0 amide bonds. The summed E-state index contributed by atoms with van der Waals surface area (Å²) in [6, 6.07) is 0. The van der Waals surface area contributed by atoms with Gasteiger partial charge in [0.05, 0.1) is 11.5 Å². The van der Waals surface area contributed by atoms with Gasteiger partial charge in [-0.25, -0.2) is 0 Å². The molecule has 2 nitrogen and oxygen atoms in total. The Morgan fingerprint density at radius 3 is 2.85 bits per heavy atom. The van der Waals surface area contributed by atoms with Crippen LogP contribution in [0.1, 0.15) is 32.1 Å². The number of allylic oxidation sites excluding steroid dienone is 2. The van der Waals surface area contributed by atoms with Crippen molar-refractivity contribution in [2.24, 2.45) is 4.99 Å². The smallest absolute Gasteiger partial charge is 0.167 e. The van der Waals surface area contributed by atoms with Crippen molar-refractivity contribution in [3.8, 4) is 0 Å². The number of carbonyl (C=O) groups is 1. The molecule has 1 aliphatic carbocycles. The number of rotatable bonds is 0. The molecule has 0 spiro atoms. The Labute approximate surface area is 82.5 Å². The van der Waals surface area contributed by atoms with Crippen LogP contribution in [0.25, 0.3) is 0 Å². The zero-order chi connectivity index (χ0) is 9.26. The van der Waals surface area contributed by atoms with E-state index in [4.69, 9.17) is 0 Å². The van der Waals surface area contributed by atoms with Gasteiger partial charge in [-0.1, -0.05) is 0 Å². The monoisotopic (exact) mass is 195 g/mol. The quantitative estimate of drug-likeness (QED) is 0.594. The van der Waals surface area contributed by atoms with E-state index in [0.717, 1.165) is 35.6 Å². The molecule has 0 N–H and O–H groups in total. The van der Waals surface area contributed by atoms with Gasteiger partial charge in [-0.2, -0.15) is 0 Å². The molecule has 0 aromatic rings. The number of thioether (sulfide) groups is 1. The van der Waals surface area contributed by atoms with Crippen LogP contribution in [0.4, 0.5) is 0 Å². The fourth-order valence-electron chi connectivity index (χ4n) is 1.87. The van der Waals surface area contributed by atoms with Crippen LogP contribution < -0.4 is 0 Å². The van der Waals surface area contributed by atoms with Gasteiger partial charge in [-0.15, -0.1) is 11.8 Å². The summed E-state index contributed by atoms with van der Waals surface area (Å²) < 4.78 is 0. The lowest BCUT2D eigenvalue weighted by Crippen LogP contribution is -2.17. The molecule has 0 atom stereocenters. The van der Waals surface area contributed by atoms with Gasteiger partial charge < -0.3 is 0 Å². The van der Waals surface area contributed by atoms with Gasteiger partial charge in [-0.3, -0.25) is 9.79 Å². The standard InChI is InChI=1S/C10H13NOS/c1-13-10-6-9(12)7-4-2-3-5-8(7)11-10/h2-6H2,1H3. The van der Waals surface area contributed by atoms with E-state index in [0.29, 0.717) is 12.2 Å². The fourth-order valence-corrected chi connectivity index (χ4v) is 2.34. The average Bonchev–Trinajstić information content (AvgIpc) is 2.18. The predicted molar refractivity (Wildman–Crippen MR) is 56.1 cm³/mol.